The van der Waals surface area contributed by atoms with Gasteiger partial charge in [-0.2, -0.15) is 0 Å². The fourth-order valence-corrected chi connectivity index (χ4v) is 2.83. The van der Waals surface area contributed by atoms with Crippen LogP contribution < -0.4 is 9.47 Å². The van der Waals surface area contributed by atoms with E-state index in [0.717, 1.165) is 5.56 Å². The van der Waals surface area contributed by atoms with Gasteiger partial charge in [0.25, 0.3) is 0 Å². The maximum Gasteiger partial charge on any atom is 0.342 e. The second-order valence-corrected chi connectivity index (χ2v) is 6.43. The van der Waals surface area contributed by atoms with Crippen molar-refractivity contribution in [2.75, 3.05) is 7.11 Å². The summed E-state index contributed by atoms with van der Waals surface area (Å²) in [7, 11) is 1.53. The van der Waals surface area contributed by atoms with Gasteiger partial charge in [0.1, 0.15) is 30.3 Å². The zero-order chi connectivity index (χ0) is 20.6. The van der Waals surface area contributed by atoms with Crippen molar-refractivity contribution in [2.45, 2.75) is 20.1 Å². The maximum absolute atomic E-state index is 12.7. The lowest BCUT2D eigenvalue weighted by Gasteiger charge is -2.13. The molecule has 0 N–H and O–H groups in total. The molecule has 3 aromatic rings. The number of Topliss-reactive ketones (excluding diaryl/α,β-unsaturated/α-hetero) is 1. The minimum Gasteiger partial charge on any atom is -0.496 e. The molecule has 3 aromatic carbocycles. The number of hydrogen-bond acceptors (Lipinski definition) is 5. The van der Waals surface area contributed by atoms with Crippen LogP contribution in [0.5, 0.6) is 11.5 Å². The van der Waals surface area contributed by atoms with E-state index in [0.29, 0.717) is 34.8 Å². The van der Waals surface area contributed by atoms with Crippen LogP contribution in [0, 0.1) is 0 Å². The molecule has 0 radical (unpaired) electrons. The van der Waals surface area contributed by atoms with Gasteiger partial charge in [0, 0.05) is 11.1 Å². The number of methoxy groups -OCH3 is 1. The fourth-order valence-electron chi connectivity index (χ4n) is 2.83. The highest BCUT2D eigenvalue weighted by molar-refractivity contribution is 5.94. The highest BCUT2D eigenvalue weighted by Gasteiger charge is 2.16. The third kappa shape index (κ3) is 5.23. The summed E-state index contributed by atoms with van der Waals surface area (Å²) in [5.41, 5.74) is 2.49. The summed E-state index contributed by atoms with van der Waals surface area (Å²) >= 11 is 0. The Morgan fingerprint density at radius 3 is 2.28 bits per heavy atom. The van der Waals surface area contributed by atoms with Crippen molar-refractivity contribution in [1.82, 2.24) is 0 Å². The Bertz CT molecular complexity index is 995. The predicted molar refractivity (Wildman–Crippen MR) is 109 cm³/mol. The lowest BCUT2D eigenvalue weighted by atomic mass is 10.1. The SMILES string of the molecule is COc1ccc(C(C)=O)cc1COC(=O)c1ccccc1OCc1ccccc1. The molecule has 0 spiro atoms. The number of ketones is 1. The smallest absolute Gasteiger partial charge is 0.342 e. The van der Waals surface area contributed by atoms with E-state index in [1.165, 1.54) is 14.0 Å². The summed E-state index contributed by atoms with van der Waals surface area (Å²) in [5, 5.41) is 0. The predicted octanol–water partition coefficient (Wildman–Crippen LogP) is 4.83. The summed E-state index contributed by atoms with van der Waals surface area (Å²) in [6.07, 6.45) is 0. The molecule has 0 atom stereocenters. The van der Waals surface area contributed by atoms with E-state index in [9.17, 15) is 9.59 Å². The molecule has 0 fully saturated rings. The van der Waals surface area contributed by atoms with Crippen molar-refractivity contribution < 1.29 is 23.8 Å². The average molecular weight is 390 g/mol. The van der Waals surface area contributed by atoms with E-state index < -0.39 is 5.97 Å². The van der Waals surface area contributed by atoms with Gasteiger partial charge in [-0.05, 0) is 42.8 Å². The molecule has 5 nitrogen and oxygen atoms in total. The molecule has 0 aliphatic heterocycles. The van der Waals surface area contributed by atoms with E-state index in [1.807, 2.05) is 30.3 Å². The lowest BCUT2D eigenvalue weighted by molar-refractivity contribution is 0.0465. The topological polar surface area (TPSA) is 61.8 Å². The van der Waals surface area contributed by atoms with Crippen molar-refractivity contribution >= 4 is 11.8 Å². The summed E-state index contributed by atoms with van der Waals surface area (Å²) in [5.74, 6) is 0.422. The van der Waals surface area contributed by atoms with Crippen molar-refractivity contribution in [3.05, 3.63) is 95.1 Å². The molecule has 29 heavy (non-hydrogen) atoms. The number of ether oxygens (including phenoxy) is 3. The average Bonchev–Trinajstić information content (AvgIpc) is 2.76. The highest BCUT2D eigenvalue weighted by atomic mass is 16.5. The second-order valence-electron chi connectivity index (χ2n) is 6.43. The Morgan fingerprint density at radius 1 is 0.828 bits per heavy atom. The largest absolute Gasteiger partial charge is 0.496 e. The van der Waals surface area contributed by atoms with Crippen molar-refractivity contribution in [1.29, 1.82) is 0 Å². The van der Waals surface area contributed by atoms with E-state index >= 15 is 0 Å². The molecule has 0 saturated heterocycles. The molecule has 3 rings (SSSR count). The Hall–Kier alpha value is -3.60. The van der Waals surface area contributed by atoms with Crippen molar-refractivity contribution in [3.63, 3.8) is 0 Å². The molecule has 0 saturated carbocycles. The first kappa shape index (κ1) is 20.1. The minimum atomic E-state index is -0.510. The Kier molecular flexibility index (Phi) is 6.63. The third-order valence-corrected chi connectivity index (χ3v) is 4.39. The number of esters is 1. The number of rotatable bonds is 8. The van der Waals surface area contributed by atoms with Gasteiger partial charge in [-0.15, -0.1) is 0 Å². The van der Waals surface area contributed by atoms with Crippen LogP contribution in [-0.2, 0) is 18.0 Å². The van der Waals surface area contributed by atoms with E-state index in [2.05, 4.69) is 0 Å². The molecular formula is C24H22O5. The van der Waals surface area contributed by atoms with Crippen LogP contribution in [0.3, 0.4) is 0 Å². The fraction of sp³-hybridized carbons (Fsp3) is 0.167. The molecule has 0 heterocycles. The van der Waals surface area contributed by atoms with Crippen LogP contribution in [0.2, 0.25) is 0 Å². The van der Waals surface area contributed by atoms with Crippen LogP contribution in [0.15, 0.2) is 72.8 Å². The Morgan fingerprint density at radius 2 is 1.55 bits per heavy atom. The van der Waals surface area contributed by atoms with Gasteiger partial charge in [-0.25, -0.2) is 4.79 Å². The Labute approximate surface area is 169 Å². The van der Waals surface area contributed by atoms with Crippen LogP contribution >= 0.6 is 0 Å². The van der Waals surface area contributed by atoms with E-state index in [1.54, 1.807) is 42.5 Å². The van der Waals surface area contributed by atoms with Gasteiger partial charge in [0.05, 0.1) is 7.11 Å². The van der Waals surface area contributed by atoms with Gasteiger partial charge in [0.2, 0.25) is 0 Å². The molecule has 0 aliphatic carbocycles. The van der Waals surface area contributed by atoms with Gasteiger partial charge in [-0.1, -0.05) is 42.5 Å². The van der Waals surface area contributed by atoms with Crippen LogP contribution in [0.25, 0.3) is 0 Å². The second kappa shape index (κ2) is 9.55. The molecule has 0 unspecified atom stereocenters. The zero-order valence-electron chi connectivity index (χ0n) is 16.4. The van der Waals surface area contributed by atoms with Gasteiger partial charge >= 0.3 is 5.97 Å². The zero-order valence-corrected chi connectivity index (χ0v) is 16.4. The standard InChI is InChI=1S/C24H22O5/c1-17(25)19-12-13-22(27-2)20(14-19)16-29-24(26)21-10-6-7-11-23(21)28-15-18-8-4-3-5-9-18/h3-14H,15-16H2,1-2H3. The number of carbonyl (C=O) groups excluding carboxylic acids is 2. The molecule has 0 bridgehead atoms. The van der Waals surface area contributed by atoms with Gasteiger partial charge in [0.15, 0.2) is 5.78 Å². The summed E-state index contributed by atoms with van der Waals surface area (Å²) in [6.45, 7) is 1.81. The highest BCUT2D eigenvalue weighted by Crippen LogP contribution is 2.24. The molecule has 148 valence electrons. The van der Waals surface area contributed by atoms with Crippen LogP contribution in [0.1, 0.15) is 38.8 Å². The Balaban J connectivity index is 1.72. The summed E-state index contributed by atoms with van der Waals surface area (Å²) < 4.78 is 16.6. The first-order valence-electron chi connectivity index (χ1n) is 9.19. The first-order chi connectivity index (χ1) is 14.1. The molecule has 5 heteroatoms. The molecule has 0 aromatic heterocycles. The number of para-hydroxylation sites is 1. The van der Waals surface area contributed by atoms with Crippen LogP contribution in [-0.4, -0.2) is 18.9 Å². The van der Waals surface area contributed by atoms with Gasteiger partial charge < -0.3 is 14.2 Å². The van der Waals surface area contributed by atoms with E-state index in [-0.39, 0.29) is 12.4 Å². The van der Waals surface area contributed by atoms with Crippen LogP contribution in [0.4, 0.5) is 0 Å². The molecule has 0 amide bonds. The molecular weight excluding hydrogens is 368 g/mol. The quantitative estimate of drug-likeness (QED) is 0.407. The number of carbonyl (C=O) groups is 2. The first-order valence-corrected chi connectivity index (χ1v) is 9.19. The molecule has 0 aliphatic rings. The van der Waals surface area contributed by atoms with Crippen molar-refractivity contribution in [3.8, 4) is 11.5 Å². The normalized spacial score (nSPS) is 10.3. The lowest BCUT2D eigenvalue weighted by Crippen LogP contribution is -2.09. The van der Waals surface area contributed by atoms with E-state index in [4.69, 9.17) is 14.2 Å². The van der Waals surface area contributed by atoms with Crippen molar-refractivity contribution in [2.24, 2.45) is 0 Å². The summed E-state index contributed by atoms with van der Waals surface area (Å²) in [6, 6.07) is 21.7. The number of benzene rings is 3. The van der Waals surface area contributed by atoms with Gasteiger partial charge in [-0.3, -0.25) is 4.79 Å². The summed E-state index contributed by atoms with van der Waals surface area (Å²) in [4.78, 5) is 24.3. The third-order valence-electron chi connectivity index (χ3n) is 4.39. The maximum atomic E-state index is 12.7. The number of hydrogen-bond donors (Lipinski definition) is 0. The monoisotopic (exact) mass is 390 g/mol. The minimum absolute atomic E-state index is 0.0177.